The van der Waals surface area contributed by atoms with Gasteiger partial charge in [-0.15, -0.1) is 0 Å². The molecule has 1 atom stereocenters. The summed E-state index contributed by atoms with van der Waals surface area (Å²) < 4.78 is 1.28. The summed E-state index contributed by atoms with van der Waals surface area (Å²) >= 11 is 3.69. The van der Waals surface area contributed by atoms with Crippen LogP contribution in [-0.4, -0.2) is 12.1 Å². The van der Waals surface area contributed by atoms with Crippen LogP contribution in [0.4, 0.5) is 0 Å². The average molecular weight is 350 g/mol. The Morgan fingerprint density at radius 3 is 2.38 bits per heavy atom. The van der Waals surface area contributed by atoms with Crippen molar-refractivity contribution in [2.24, 2.45) is 5.92 Å². The summed E-state index contributed by atoms with van der Waals surface area (Å²) in [7, 11) is 0. The van der Waals surface area contributed by atoms with E-state index in [0.29, 0.717) is 6.04 Å². The van der Waals surface area contributed by atoms with Crippen molar-refractivity contribution in [1.82, 2.24) is 5.32 Å². The third-order valence-electron chi connectivity index (χ3n) is 5.59. The van der Waals surface area contributed by atoms with Crippen LogP contribution in [0, 0.1) is 5.92 Å². The van der Waals surface area contributed by atoms with E-state index < -0.39 is 0 Å². The van der Waals surface area contributed by atoms with Gasteiger partial charge in [-0.1, -0.05) is 59.8 Å². The lowest BCUT2D eigenvalue weighted by Gasteiger charge is -2.40. The molecule has 0 bridgehead atoms. The first-order valence-electron chi connectivity index (χ1n) is 8.74. The van der Waals surface area contributed by atoms with Crippen LogP contribution >= 0.6 is 15.9 Å². The quantitative estimate of drug-likeness (QED) is 0.693. The second kappa shape index (κ2) is 7.28. The van der Waals surface area contributed by atoms with Gasteiger partial charge in [-0.2, -0.15) is 0 Å². The van der Waals surface area contributed by atoms with Crippen LogP contribution in [0.5, 0.6) is 0 Å². The summed E-state index contributed by atoms with van der Waals surface area (Å²) in [6.45, 7) is 2.42. The van der Waals surface area contributed by atoms with Crippen molar-refractivity contribution in [3.05, 3.63) is 34.3 Å². The smallest absolute Gasteiger partial charge is 0.0210 e. The molecule has 1 N–H and O–H groups in total. The molecule has 2 aliphatic carbocycles. The van der Waals surface area contributed by atoms with Gasteiger partial charge >= 0.3 is 0 Å². The molecule has 1 aromatic carbocycles. The Balaban J connectivity index is 1.47. The number of hydrogen-bond donors (Lipinski definition) is 1. The fourth-order valence-corrected chi connectivity index (χ4v) is 4.74. The maximum Gasteiger partial charge on any atom is 0.0210 e. The molecule has 0 radical (unpaired) electrons. The van der Waals surface area contributed by atoms with Gasteiger partial charge in [-0.05, 0) is 56.1 Å². The normalized spacial score (nSPS) is 28.7. The number of halogens is 1. The second-order valence-electron chi connectivity index (χ2n) is 7.09. The summed E-state index contributed by atoms with van der Waals surface area (Å²) in [6, 6.07) is 10.2. The maximum atomic E-state index is 3.92. The van der Waals surface area contributed by atoms with Gasteiger partial charge in [0.2, 0.25) is 0 Å². The molecule has 21 heavy (non-hydrogen) atoms. The van der Waals surface area contributed by atoms with Crippen molar-refractivity contribution in [2.75, 3.05) is 0 Å². The van der Waals surface area contributed by atoms with Crippen LogP contribution in [0.15, 0.2) is 28.7 Å². The van der Waals surface area contributed by atoms with Crippen molar-refractivity contribution < 1.29 is 0 Å². The minimum Gasteiger partial charge on any atom is -0.311 e. The molecule has 1 aromatic rings. The molecule has 2 heteroatoms. The number of benzene rings is 1. The van der Waals surface area contributed by atoms with Crippen molar-refractivity contribution in [3.63, 3.8) is 0 Å². The zero-order valence-corrected chi connectivity index (χ0v) is 14.7. The Morgan fingerprint density at radius 2 is 1.71 bits per heavy atom. The molecule has 0 saturated heterocycles. The van der Waals surface area contributed by atoms with Crippen LogP contribution in [0.25, 0.3) is 0 Å². The summed E-state index contributed by atoms with van der Waals surface area (Å²) in [5.41, 5.74) is 1.50. The van der Waals surface area contributed by atoms with E-state index in [9.17, 15) is 0 Å². The Bertz CT molecular complexity index is 445. The predicted octanol–water partition coefficient (Wildman–Crippen LogP) is 5.64. The van der Waals surface area contributed by atoms with E-state index in [1.54, 1.807) is 0 Å². The lowest BCUT2D eigenvalue weighted by Crippen LogP contribution is -2.47. The molecule has 1 nitrogen and oxygen atoms in total. The van der Waals surface area contributed by atoms with Gasteiger partial charge in [-0.3, -0.25) is 0 Å². The summed E-state index contributed by atoms with van der Waals surface area (Å²) in [5.74, 6) is 1.66. The maximum absolute atomic E-state index is 3.92. The lowest BCUT2D eigenvalue weighted by molar-refractivity contribution is 0.228. The van der Waals surface area contributed by atoms with Crippen LogP contribution in [0.3, 0.4) is 0 Å². The molecule has 0 spiro atoms. The standard InChI is InChI=1S/C19H28BrN/c1-14(15-8-4-2-3-5-9-15)21-17-12-16(13-17)18-10-6-7-11-19(18)20/h6-7,10-11,14-17,21H,2-5,8-9,12-13H2,1H3/t14-,16?,17?/m1/s1. The molecule has 2 aliphatic rings. The van der Waals surface area contributed by atoms with E-state index in [4.69, 9.17) is 0 Å². The minimum absolute atomic E-state index is 0.702. The molecular formula is C19H28BrN. The van der Waals surface area contributed by atoms with Gasteiger partial charge in [-0.25, -0.2) is 0 Å². The van der Waals surface area contributed by atoms with Crippen LogP contribution < -0.4 is 5.32 Å². The molecule has 0 aliphatic heterocycles. The fourth-order valence-electron chi connectivity index (χ4n) is 4.13. The van der Waals surface area contributed by atoms with Crippen molar-refractivity contribution in [1.29, 1.82) is 0 Å². The van der Waals surface area contributed by atoms with Gasteiger partial charge < -0.3 is 5.32 Å². The third kappa shape index (κ3) is 3.90. The van der Waals surface area contributed by atoms with E-state index in [-0.39, 0.29) is 0 Å². The first-order chi connectivity index (χ1) is 10.2. The Morgan fingerprint density at radius 1 is 1.05 bits per heavy atom. The van der Waals surface area contributed by atoms with Crippen molar-refractivity contribution in [2.45, 2.75) is 76.3 Å². The van der Waals surface area contributed by atoms with Gasteiger partial charge in [0, 0.05) is 16.6 Å². The average Bonchev–Trinajstić information content (AvgIpc) is 2.72. The first kappa shape index (κ1) is 15.6. The molecule has 2 fully saturated rings. The summed E-state index contributed by atoms with van der Waals surface area (Å²) in [4.78, 5) is 0. The third-order valence-corrected chi connectivity index (χ3v) is 6.31. The van der Waals surface area contributed by atoms with E-state index in [1.807, 2.05) is 0 Å². The van der Waals surface area contributed by atoms with Crippen LogP contribution in [0.2, 0.25) is 0 Å². The summed E-state index contributed by atoms with van der Waals surface area (Å²) in [5, 5.41) is 3.92. The van der Waals surface area contributed by atoms with Crippen molar-refractivity contribution in [3.8, 4) is 0 Å². The molecule has 0 amide bonds. The molecule has 0 heterocycles. The monoisotopic (exact) mass is 349 g/mol. The van der Waals surface area contributed by atoms with E-state index in [2.05, 4.69) is 52.4 Å². The highest BCUT2D eigenvalue weighted by Gasteiger charge is 2.33. The lowest BCUT2D eigenvalue weighted by atomic mass is 9.75. The topological polar surface area (TPSA) is 12.0 Å². The molecule has 116 valence electrons. The first-order valence-corrected chi connectivity index (χ1v) is 9.54. The van der Waals surface area contributed by atoms with Gasteiger partial charge in [0.1, 0.15) is 0 Å². The SMILES string of the molecule is C[C@@H](NC1CC(c2ccccc2Br)C1)C1CCCCCC1. The van der Waals surface area contributed by atoms with Crippen molar-refractivity contribution >= 4 is 15.9 Å². The molecule has 2 saturated carbocycles. The molecule has 3 rings (SSSR count). The molecule has 0 aromatic heterocycles. The number of rotatable bonds is 4. The largest absolute Gasteiger partial charge is 0.311 e. The molecule has 0 unspecified atom stereocenters. The number of hydrogen-bond acceptors (Lipinski definition) is 1. The highest BCUT2D eigenvalue weighted by molar-refractivity contribution is 9.10. The Labute approximate surface area is 138 Å². The van der Waals surface area contributed by atoms with E-state index in [1.165, 1.54) is 61.4 Å². The van der Waals surface area contributed by atoms with Crippen LogP contribution in [0.1, 0.15) is 69.8 Å². The number of nitrogens with one attached hydrogen (secondary N) is 1. The zero-order valence-electron chi connectivity index (χ0n) is 13.2. The highest BCUT2D eigenvalue weighted by Crippen LogP contribution is 2.40. The van der Waals surface area contributed by atoms with E-state index >= 15 is 0 Å². The zero-order chi connectivity index (χ0) is 14.7. The van der Waals surface area contributed by atoms with Gasteiger partial charge in [0.15, 0.2) is 0 Å². The van der Waals surface area contributed by atoms with Crippen LogP contribution in [-0.2, 0) is 0 Å². The fraction of sp³-hybridized carbons (Fsp3) is 0.684. The second-order valence-corrected chi connectivity index (χ2v) is 7.95. The van der Waals surface area contributed by atoms with E-state index in [0.717, 1.165) is 17.9 Å². The van der Waals surface area contributed by atoms with Gasteiger partial charge in [0.05, 0.1) is 0 Å². The molecular weight excluding hydrogens is 322 g/mol. The Hall–Kier alpha value is -0.340. The predicted molar refractivity (Wildman–Crippen MR) is 93.7 cm³/mol. The highest BCUT2D eigenvalue weighted by atomic mass is 79.9. The Kier molecular flexibility index (Phi) is 5.39. The minimum atomic E-state index is 0.702. The summed E-state index contributed by atoms with van der Waals surface area (Å²) in [6.07, 6.45) is 11.3. The van der Waals surface area contributed by atoms with Gasteiger partial charge in [0.25, 0.3) is 0 Å².